The minimum Gasteiger partial charge on any atom is -1.00 e. The van der Waals surface area contributed by atoms with Crippen LogP contribution >= 0.6 is 0 Å². The van der Waals surface area contributed by atoms with Crippen molar-refractivity contribution >= 4 is 31.8 Å². The summed E-state index contributed by atoms with van der Waals surface area (Å²) in [4.78, 5) is 0. The van der Waals surface area contributed by atoms with Crippen LogP contribution in [0, 0.1) is 13.8 Å². The van der Waals surface area contributed by atoms with Gasteiger partial charge in [-0.1, -0.05) is 104 Å². The van der Waals surface area contributed by atoms with E-state index < -0.39 is 0 Å². The quantitative estimate of drug-likeness (QED) is 0.207. The topological polar surface area (TPSA) is 0 Å². The molecule has 0 heterocycles. The van der Waals surface area contributed by atoms with E-state index in [1.807, 2.05) is 16.8 Å². The van der Waals surface area contributed by atoms with E-state index in [1.165, 1.54) is 54.9 Å². The molecule has 185 valence electrons. The Morgan fingerprint density at radius 2 is 0.838 bits per heavy atom. The molecule has 37 heavy (non-hydrogen) atoms. The third-order valence-corrected chi connectivity index (χ3v) is 5.96. The van der Waals surface area contributed by atoms with Crippen LogP contribution in [0.2, 0.25) is 6.55 Å². The standard InChI is InChI=1S/2C16H13.CH5Si.2ClH.Zr/c2*1-12-10-14-8-5-9-15(16(14)11-12)13-6-3-2-4-7-13;1-2;;;/h2*2-11H,1H3;2H2,1H3;2*1H;/q2*-1;;;;+4/p-2. The van der Waals surface area contributed by atoms with E-state index in [1.54, 1.807) is 0 Å². The van der Waals surface area contributed by atoms with Gasteiger partial charge in [0.25, 0.3) is 0 Å². The first-order valence-electron chi connectivity index (χ1n) is 11.8. The largest absolute Gasteiger partial charge is 4.00 e. The summed E-state index contributed by atoms with van der Waals surface area (Å²) < 4.78 is 0. The smallest absolute Gasteiger partial charge is 1.00 e. The zero-order valence-electron chi connectivity index (χ0n) is 21.5. The van der Waals surface area contributed by atoms with E-state index in [4.69, 9.17) is 0 Å². The van der Waals surface area contributed by atoms with Gasteiger partial charge in [-0.25, -0.2) is 0 Å². The molecule has 0 spiro atoms. The molecule has 0 aromatic heterocycles. The first-order valence-corrected chi connectivity index (χ1v) is 13.2. The molecule has 0 aliphatic carbocycles. The minimum absolute atomic E-state index is 0. The van der Waals surface area contributed by atoms with E-state index in [-0.39, 0.29) is 51.0 Å². The Kier molecular flexibility index (Phi) is 14.1. The number of fused-ring (bicyclic) bond motifs is 2. The molecule has 0 aliphatic rings. The van der Waals surface area contributed by atoms with Crippen molar-refractivity contribution in [2.45, 2.75) is 20.4 Å². The fraction of sp³-hybridized carbons (Fsp3) is 0.0909. The van der Waals surface area contributed by atoms with Crippen molar-refractivity contribution in [1.82, 2.24) is 0 Å². The van der Waals surface area contributed by atoms with Gasteiger partial charge in [0.15, 0.2) is 0 Å². The summed E-state index contributed by atoms with van der Waals surface area (Å²) in [6, 6.07) is 43.1. The Bertz CT molecular complexity index is 1370. The number of hydrogen-bond donors (Lipinski definition) is 0. The van der Waals surface area contributed by atoms with Gasteiger partial charge in [0.05, 0.1) is 0 Å². The predicted octanol–water partition coefficient (Wildman–Crippen LogP) is 2.74. The van der Waals surface area contributed by atoms with Gasteiger partial charge in [-0.2, -0.15) is 12.1 Å². The average molecular weight is 618 g/mol. The molecule has 0 saturated heterocycles. The normalized spacial score (nSPS) is 9.51. The van der Waals surface area contributed by atoms with Crippen molar-refractivity contribution in [3.63, 3.8) is 0 Å². The third kappa shape index (κ3) is 7.88. The van der Waals surface area contributed by atoms with Crippen LogP contribution in [-0.2, 0) is 26.2 Å². The molecule has 6 aromatic rings. The Morgan fingerprint density at radius 1 is 0.486 bits per heavy atom. The third-order valence-electron chi connectivity index (χ3n) is 5.96. The maximum absolute atomic E-state index is 2.26. The zero-order valence-corrected chi connectivity index (χ0v) is 26.9. The molecule has 0 N–H and O–H groups in total. The Hall–Kier alpha value is -2.22. The maximum atomic E-state index is 2.26. The van der Waals surface area contributed by atoms with Crippen LogP contribution in [-0.4, -0.2) is 10.2 Å². The van der Waals surface area contributed by atoms with E-state index >= 15 is 0 Å². The monoisotopic (exact) mass is 615 g/mol. The molecule has 0 saturated carbocycles. The van der Waals surface area contributed by atoms with E-state index in [0.29, 0.717) is 0 Å². The molecule has 6 aromatic carbocycles. The maximum Gasteiger partial charge on any atom is 4.00 e. The van der Waals surface area contributed by atoms with Crippen LogP contribution in [0.25, 0.3) is 43.8 Å². The van der Waals surface area contributed by atoms with Gasteiger partial charge in [0, 0.05) is 10.2 Å². The van der Waals surface area contributed by atoms with Gasteiger partial charge < -0.3 is 24.8 Å². The van der Waals surface area contributed by atoms with Crippen molar-refractivity contribution in [2.24, 2.45) is 0 Å². The first-order chi connectivity index (χ1) is 16.7. The number of benzene rings is 4. The molecule has 0 amide bonds. The molecule has 1 radical (unpaired) electrons. The fourth-order valence-corrected chi connectivity index (χ4v) is 4.51. The van der Waals surface area contributed by atoms with Gasteiger partial charge in [-0.3, -0.25) is 0 Å². The van der Waals surface area contributed by atoms with Crippen LogP contribution in [0.5, 0.6) is 0 Å². The molecule has 0 atom stereocenters. The molecule has 0 bridgehead atoms. The molecular weight excluding hydrogens is 587 g/mol. The SMILES string of the molecule is C[SiH2].Cc1cc2c(-c3ccccc3)cccc2[cH-]1.Cc1cc2c(-c3ccccc3)cccc2[cH-]1.[Cl-].[Cl-].[Zr+4]. The predicted molar refractivity (Wildman–Crippen MR) is 154 cm³/mol. The van der Waals surface area contributed by atoms with E-state index in [2.05, 4.69) is 135 Å². The van der Waals surface area contributed by atoms with Crippen molar-refractivity contribution in [3.8, 4) is 22.3 Å². The summed E-state index contributed by atoms with van der Waals surface area (Å²) in [7, 11) is 1.86. The summed E-state index contributed by atoms with van der Waals surface area (Å²) in [5, 5.41) is 5.37. The van der Waals surface area contributed by atoms with Gasteiger partial charge in [-0.05, 0) is 11.1 Å². The van der Waals surface area contributed by atoms with E-state index in [0.717, 1.165) is 0 Å². The summed E-state index contributed by atoms with van der Waals surface area (Å²) in [6.45, 7) is 6.32. The van der Waals surface area contributed by atoms with E-state index in [9.17, 15) is 0 Å². The Morgan fingerprint density at radius 3 is 1.19 bits per heavy atom. The van der Waals surface area contributed by atoms with Crippen LogP contribution < -0.4 is 24.8 Å². The summed E-state index contributed by atoms with van der Waals surface area (Å²) in [6.07, 6.45) is 0. The molecule has 6 rings (SSSR count). The second kappa shape index (κ2) is 15.9. The summed E-state index contributed by atoms with van der Waals surface area (Å²) in [5.74, 6) is 0. The van der Waals surface area contributed by atoms with Crippen LogP contribution in [0.15, 0.2) is 121 Å². The van der Waals surface area contributed by atoms with Crippen LogP contribution in [0.1, 0.15) is 11.1 Å². The Balaban J connectivity index is 0.000000322. The van der Waals surface area contributed by atoms with Crippen LogP contribution in [0.3, 0.4) is 0 Å². The fourth-order valence-electron chi connectivity index (χ4n) is 4.51. The second-order valence-electron chi connectivity index (χ2n) is 8.41. The van der Waals surface area contributed by atoms with Gasteiger partial charge in [0.1, 0.15) is 0 Å². The number of rotatable bonds is 2. The van der Waals surface area contributed by atoms with Gasteiger partial charge in [-0.15, -0.1) is 69.1 Å². The van der Waals surface area contributed by atoms with Crippen molar-refractivity contribution in [3.05, 3.63) is 132 Å². The molecule has 0 fully saturated rings. The summed E-state index contributed by atoms with van der Waals surface area (Å²) >= 11 is 0. The average Bonchev–Trinajstić information content (AvgIpc) is 3.47. The number of aryl methyl sites for hydroxylation is 2. The van der Waals surface area contributed by atoms with Crippen LogP contribution in [0.4, 0.5) is 0 Å². The van der Waals surface area contributed by atoms with Crippen molar-refractivity contribution < 1.29 is 51.0 Å². The zero-order chi connectivity index (χ0) is 23.9. The van der Waals surface area contributed by atoms with Crippen molar-refractivity contribution in [2.75, 3.05) is 0 Å². The summed E-state index contributed by atoms with van der Waals surface area (Å²) in [5.41, 5.74) is 7.89. The molecular formula is C33H31Cl2SiZr. The molecule has 4 heteroatoms. The molecule has 0 aliphatic heterocycles. The Labute approximate surface area is 256 Å². The molecule has 0 unspecified atom stereocenters. The van der Waals surface area contributed by atoms with Gasteiger partial charge >= 0.3 is 26.2 Å². The first kappa shape index (κ1) is 32.8. The minimum atomic E-state index is 0. The molecule has 0 nitrogen and oxygen atoms in total. The second-order valence-corrected chi connectivity index (χ2v) is 8.41. The van der Waals surface area contributed by atoms with Crippen molar-refractivity contribution in [1.29, 1.82) is 0 Å². The number of halogens is 2. The van der Waals surface area contributed by atoms with Gasteiger partial charge in [0.2, 0.25) is 0 Å². The number of hydrogen-bond acceptors (Lipinski definition) is 0.